The molecule has 0 fully saturated rings. The molecule has 0 bridgehead atoms. The molecular formula is C24H23F6N3O5S. The summed E-state index contributed by atoms with van der Waals surface area (Å²) in [5.41, 5.74) is -1.38. The Labute approximate surface area is 219 Å². The van der Waals surface area contributed by atoms with Crippen LogP contribution in [-0.2, 0) is 37.4 Å². The molecule has 0 unspecified atom stereocenters. The minimum atomic E-state index is -5.64. The van der Waals surface area contributed by atoms with Crippen LogP contribution >= 0.6 is 0 Å². The third kappa shape index (κ3) is 6.52. The average molecular weight is 580 g/mol. The van der Waals surface area contributed by atoms with Gasteiger partial charge in [-0.2, -0.15) is 30.6 Å². The first-order valence-electron chi connectivity index (χ1n) is 11.3. The van der Waals surface area contributed by atoms with Crippen molar-refractivity contribution < 1.29 is 49.1 Å². The van der Waals surface area contributed by atoms with Crippen LogP contribution in [0.2, 0.25) is 0 Å². The van der Waals surface area contributed by atoms with Crippen molar-refractivity contribution in [3.05, 3.63) is 53.6 Å². The Bertz CT molecular complexity index is 1410. The van der Waals surface area contributed by atoms with E-state index in [9.17, 15) is 49.1 Å². The van der Waals surface area contributed by atoms with Crippen molar-refractivity contribution in [2.75, 3.05) is 16.2 Å². The SMILES string of the molecule is CC(C)(C)C(=O)Nc1cccc(N(C(=O)C(F)(F)F)S(=O)(=O)c2ccc3c(c2)CN(C(=O)C(F)(F)F)CC3)c1. The number of carbonyl (C=O) groups excluding carboxylic acids is 3. The molecule has 1 aliphatic rings. The van der Waals surface area contributed by atoms with Gasteiger partial charge in [-0.3, -0.25) is 14.4 Å². The maximum absolute atomic E-state index is 13.5. The molecule has 0 saturated carbocycles. The summed E-state index contributed by atoms with van der Waals surface area (Å²) >= 11 is 0. The molecule has 0 atom stereocenters. The fourth-order valence-corrected chi connectivity index (χ4v) is 5.12. The monoisotopic (exact) mass is 579 g/mol. The van der Waals surface area contributed by atoms with Crippen molar-refractivity contribution in [2.45, 2.75) is 51.0 Å². The highest BCUT2D eigenvalue weighted by molar-refractivity contribution is 7.93. The Hall–Kier alpha value is -3.62. The molecule has 1 aliphatic heterocycles. The van der Waals surface area contributed by atoms with Gasteiger partial charge in [-0.05, 0) is 47.9 Å². The molecule has 0 spiro atoms. The number of nitrogens with one attached hydrogen (secondary N) is 1. The van der Waals surface area contributed by atoms with Gasteiger partial charge in [0, 0.05) is 24.2 Å². The van der Waals surface area contributed by atoms with Gasteiger partial charge in [0.15, 0.2) is 0 Å². The van der Waals surface area contributed by atoms with E-state index >= 15 is 0 Å². The third-order valence-corrected chi connectivity index (χ3v) is 7.41. The first-order chi connectivity index (χ1) is 17.7. The molecule has 3 rings (SSSR count). The lowest BCUT2D eigenvalue weighted by Gasteiger charge is -2.30. The van der Waals surface area contributed by atoms with E-state index < -0.39 is 66.9 Å². The van der Waals surface area contributed by atoms with Crippen LogP contribution in [0.4, 0.5) is 37.7 Å². The summed E-state index contributed by atoms with van der Waals surface area (Å²) in [5.74, 6) is -5.44. The van der Waals surface area contributed by atoms with Crippen molar-refractivity contribution >= 4 is 39.1 Å². The molecule has 0 aromatic heterocycles. The van der Waals surface area contributed by atoms with Crippen LogP contribution in [0, 0.1) is 5.41 Å². The molecule has 1 N–H and O–H groups in total. The van der Waals surface area contributed by atoms with Crippen molar-refractivity contribution in [3.63, 3.8) is 0 Å². The molecule has 0 saturated heterocycles. The van der Waals surface area contributed by atoms with E-state index in [2.05, 4.69) is 5.32 Å². The molecule has 39 heavy (non-hydrogen) atoms. The molecule has 2 aromatic carbocycles. The number of hydrogen-bond acceptors (Lipinski definition) is 5. The summed E-state index contributed by atoms with van der Waals surface area (Å²) in [6, 6.07) is 7.16. The van der Waals surface area contributed by atoms with E-state index in [1.807, 2.05) is 0 Å². The van der Waals surface area contributed by atoms with Crippen LogP contribution in [0.25, 0.3) is 0 Å². The number of alkyl halides is 6. The zero-order valence-electron chi connectivity index (χ0n) is 20.8. The third-order valence-electron chi connectivity index (χ3n) is 5.70. The lowest BCUT2D eigenvalue weighted by atomic mass is 9.95. The van der Waals surface area contributed by atoms with Gasteiger partial charge in [0.1, 0.15) is 0 Å². The number of amides is 3. The average Bonchev–Trinajstić information content (AvgIpc) is 2.81. The van der Waals surface area contributed by atoms with Gasteiger partial charge in [0.05, 0.1) is 10.6 Å². The standard InChI is InChI=1S/C24H23F6N3O5S/c1-22(2,3)19(34)31-16-5-4-6-17(12-16)33(21(36)24(28,29)30)39(37,38)18-8-7-14-9-10-32(13-15(14)11-18)20(35)23(25,26)27/h4-8,11-12H,9-10,13H2,1-3H3,(H,31,34). The molecular weight excluding hydrogens is 556 g/mol. The summed E-state index contributed by atoms with van der Waals surface area (Å²) < 4.78 is 106. The Morgan fingerprint density at radius 3 is 2.10 bits per heavy atom. The van der Waals surface area contributed by atoms with E-state index in [1.54, 1.807) is 20.8 Å². The van der Waals surface area contributed by atoms with Crippen molar-refractivity contribution in [1.82, 2.24) is 4.90 Å². The van der Waals surface area contributed by atoms with Crippen molar-refractivity contribution in [3.8, 4) is 0 Å². The van der Waals surface area contributed by atoms with Crippen molar-refractivity contribution in [2.24, 2.45) is 5.41 Å². The van der Waals surface area contributed by atoms with Crippen LogP contribution < -0.4 is 9.62 Å². The summed E-state index contributed by atoms with van der Waals surface area (Å²) in [5, 5.41) is 2.43. The summed E-state index contributed by atoms with van der Waals surface area (Å²) in [6.45, 7) is 3.75. The second kappa shape index (κ2) is 10.2. The fourth-order valence-electron chi connectivity index (χ4n) is 3.66. The van der Waals surface area contributed by atoms with Crippen LogP contribution in [0.3, 0.4) is 0 Å². The van der Waals surface area contributed by atoms with Gasteiger partial charge >= 0.3 is 24.2 Å². The number of rotatable bonds is 4. The predicted molar refractivity (Wildman–Crippen MR) is 127 cm³/mol. The predicted octanol–water partition coefficient (Wildman–Crippen LogP) is 4.40. The van der Waals surface area contributed by atoms with Crippen LogP contribution in [0.15, 0.2) is 47.4 Å². The Kier molecular flexibility index (Phi) is 7.80. The Morgan fingerprint density at radius 1 is 0.897 bits per heavy atom. The van der Waals surface area contributed by atoms with Gasteiger partial charge in [0.2, 0.25) is 5.91 Å². The Morgan fingerprint density at radius 2 is 1.54 bits per heavy atom. The number of fused-ring (bicyclic) bond motifs is 1. The second-order valence-corrected chi connectivity index (χ2v) is 11.5. The molecule has 15 heteroatoms. The van der Waals surface area contributed by atoms with E-state index in [0.717, 1.165) is 30.3 Å². The van der Waals surface area contributed by atoms with Gasteiger partial charge in [-0.25, -0.2) is 8.42 Å². The quantitative estimate of drug-likeness (QED) is 0.541. The smallest absolute Gasteiger partial charge is 0.330 e. The number of carbonyl (C=O) groups is 3. The molecule has 8 nitrogen and oxygen atoms in total. The number of benzene rings is 2. The lowest BCUT2D eigenvalue weighted by molar-refractivity contribution is -0.186. The van der Waals surface area contributed by atoms with Gasteiger partial charge < -0.3 is 10.2 Å². The van der Waals surface area contributed by atoms with Gasteiger partial charge in [-0.1, -0.05) is 32.9 Å². The number of anilines is 2. The van der Waals surface area contributed by atoms with Crippen LogP contribution in [-0.4, -0.2) is 49.9 Å². The van der Waals surface area contributed by atoms with Gasteiger partial charge in [0.25, 0.3) is 10.0 Å². The van der Waals surface area contributed by atoms with E-state index in [-0.39, 0.29) is 24.2 Å². The summed E-state index contributed by atoms with van der Waals surface area (Å²) in [6.07, 6.45) is -10.9. The van der Waals surface area contributed by atoms with E-state index in [0.29, 0.717) is 10.5 Å². The molecule has 1 heterocycles. The maximum Gasteiger partial charge on any atom is 0.472 e. The highest BCUT2D eigenvalue weighted by Gasteiger charge is 2.48. The zero-order chi connectivity index (χ0) is 29.6. The number of nitrogens with zero attached hydrogens (tertiary/aromatic N) is 2. The van der Waals surface area contributed by atoms with E-state index in [4.69, 9.17) is 0 Å². The number of halogens is 6. The maximum atomic E-state index is 13.5. The molecule has 0 aliphatic carbocycles. The second-order valence-electron chi connectivity index (χ2n) is 9.73. The molecule has 0 radical (unpaired) electrons. The lowest BCUT2D eigenvalue weighted by Crippen LogP contribution is -2.45. The van der Waals surface area contributed by atoms with Crippen LogP contribution in [0.5, 0.6) is 0 Å². The number of sulfonamides is 1. The normalized spacial score (nSPS) is 14.4. The minimum absolute atomic E-state index is 0.0366. The zero-order valence-corrected chi connectivity index (χ0v) is 21.6. The molecule has 2 aromatic rings. The fraction of sp³-hybridized carbons (Fsp3) is 0.375. The highest BCUT2D eigenvalue weighted by Crippen LogP contribution is 2.33. The Balaban J connectivity index is 2.07. The molecule has 212 valence electrons. The van der Waals surface area contributed by atoms with Gasteiger partial charge in [-0.15, -0.1) is 0 Å². The topological polar surface area (TPSA) is 104 Å². The van der Waals surface area contributed by atoms with Crippen molar-refractivity contribution in [1.29, 1.82) is 0 Å². The first-order valence-corrected chi connectivity index (χ1v) is 12.7. The van der Waals surface area contributed by atoms with E-state index in [1.165, 1.54) is 12.1 Å². The first kappa shape index (κ1) is 29.9. The highest BCUT2D eigenvalue weighted by atomic mass is 32.2. The molecule has 3 amide bonds. The largest absolute Gasteiger partial charge is 0.472 e. The van der Waals surface area contributed by atoms with Crippen LogP contribution in [0.1, 0.15) is 31.9 Å². The summed E-state index contributed by atoms with van der Waals surface area (Å²) in [7, 11) is -5.28. The number of hydrogen-bond donors (Lipinski definition) is 1. The minimum Gasteiger partial charge on any atom is -0.330 e. The summed E-state index contributed by atoms with van der Waals surface area (Å²) in [4.78, 5) is 36.0.